The molecule has 7 atom stereocenters. The zero-order chi connectivity index (χ0) is 77.0. The molecule has 7 N–H and O–H groups in total. The minimum Gasteiger partial charge on any atom is -0.460 e. The van der Waals surface area contributed by atoms with Gasteiger partial charge in [-0.1, -0.05) is 152 Å². The highest BCUT2D eigenvalue weighted by Gasteiger charge is 2.43. The van der Waals surface area contributed by atoms with Crippen molar-refractivity contribution >= 4 is 82.8 Å². The van der Waals surface area contributed by atoms with Crippen LogP contribution in [0, 0.1) is 5.92 Å². The third-order valence-electron chi connectivity index (χ3n) is 15.7. The first kappa shape index (κ1) is 84.9. The van der Waals surface area contributed by atoms with Crippen molar-refractivity contribution < 1.29 is 76.5 Å². The van der Waals surface area contributed by atoms with Crippen LogP contribution in [0.5, 0.6) is 0 Å². The molecule has 104 heavy (non-hydrogen) atoms. The van der Waals surface area contributed by atoms with Crippen LogP contribution in [0.2, 0.25) is 0 Å². The van der Waals surface area contributed by atoms with Crippen LogP contribution in [0.15, 0.2) is 152 Å². The lowest BCUT2D eigenvalue weighted by Crippen LogP contribution is -2.57. The fourth-order valence-corrected chi connectivity index (χ4v) is 12.7. The molecule has 0 spiro atoms. The molecule has 0 radical (unpaired) electrons. The van der Waals surface area contributed by atoms with Gasteiger partial charge < -0.3 is 56.2 Å². The van der Waals surface area contributed by atoms with E-state index in [4.69, 9.17) is 18.9 Å². The number of urea groups is 1. The summed E-state index contributed by atoms with van der Waals surface area (Å²) < 4.78 is 21.1. The van der Waals surface area contributed by atoms with Gasteiger partial charge in [0.2, 0.25) is 23.6 Å². The van der Waals surface area contributed by atoms with Crippen LogP contribution in [0.4, 0.5) is 9.59 Å². The van der Waals surface area contributed by atoms with Crippen molar-refractivity contribution in [2.45, 2.75) is 224 Å². The second-order valence-corrected chi connectivity index (χ2v) is 31.1. The van der Waals surface area contributed by atoms with Gasteiger partial charge in [-0.2, -0.15) is 0 Å². The maximum absolute atomic E-state index is 15.1. The van der Waals surface area contributed by atoms with Gasteiger partial charge >= 0.3 is 30.0 Å². The summed E-state index contributed by atoms with van der Waals surface area (Å²) in [6.07, 6.45) is -3.21. The lowest BCUT2D eigenvalue weighted by Gasteiger charge is -2.38. The summed E-state index contributed by atoms with van der Waals surface area (Å²) in [6, 6.07) is 39.2. The molecule has 0 fully saturated rings. The summed E-state index contributed by atoms with van der Waals surface area (Å²) in [6.45, 7) is 22.1. The van der Waals surface area contributed by atoms with Crippen molar-refractivity contribution in [3.63, 3.8) is 0 Å². The lowest BCUT2D eigenvalue weighted by molar-refractivity contribution is -0.158. The van der Waals surface area contributed by atoms with E-state index in [0.717, 1.165) is 16.7 Å². The molecule has 0 heterocycles. The molecule has 23 nitrogen and oxygen atoms in total. The Morgan fingerprint density at radius 2 is 0.885 bits per heavy atom. The molecule has 2 unspecified atom stereocenters. The smallest absolute Gasteiger partial charge is 0.408 e. The molecule has 5 rings (SSSR count). The van der Waals surface area contributed by atoms with Gasteiger partial charge in [-0.05, 0) is 150 Å². The number of nitrogens with one attached hydrogen (secondary N) is 7. The molecular formula is C80H105N7O16S. The molecule has 562 valence electrons. The number of esters is 3. The van der Waals surface area contributed by atoms with Crippen LogP contribution < -0.4 is 37.2 Å². The Kier molecular flexibility index (Phi) is 32.5. The van der Waals surface area contributed by atoms with E-state index in [2.05, 4.69) is 37.2 Å². The standard InChI is InChI=1S/C80H105N7O16S/c1-52(40-43-69(93)100-76(3,4)5)83-74(98)86-60(73(97)102-78(9,10)11)41-42-67(91)81-45-44-68(92)84-61(47-55-32-22-16-23-33-55)64(89)48-56(46-54-30-20-15-21-31-54)71(95)82-51-63(87-75(99)103-79(12,13)14)72(96)85-62(49-70(94)101-77(6,7)8)65(90)50-66(53(2)88)104-80(57-34-24-17-25-35-57,58-36-26-18-27-37-58)59-38-28-19-29-39-59/h15-39,52,56,60-63,66H,40-51H2,1-14H3,(H,81,91)(H,82,95)(H,84,92)(H,85,96)(H,87,99)(H2,83,86,98)/t52-,56-,60+,61+,62?,63+,66?/m1/s1. The third kappa shape index (κ3) is 30.7. The van der Waals surface area contributed by atoms with Gasteiger partial charge in [-0.3, -0.25) is 43.2 Å². The molecule has 7 amide bonds. The Morgan fingerprint density at radius 1 is 0.413 bits per heavy atom. The number of amides is 7. The summed E-state index contributed by atoms with van der Waals surface area (Å²) in [5.74, 6) is -7.87. The lowest BCUT2D eigenvalue weighted by atomic mass is 9.84. The molecule has 0 bridgehead atoms. The first-order valence-corrected chi connectivity index (χ1v) is 36.0. The predicted octanol–water partition coefficient (Wildman–Crippen LogP) is 10.2. The Bertz CT molecular complexity index is 3590. The van der Waals surface area contributed by atoms with Gasteiger partial charge in [-0.15, -0.1) is 11.8 Å². The van der Waals surface area contributed by atoms with E-state index in [-0.39, 0.29) is 57.3 Å². The highest BCUT2D eigenvalue weighted by atomic mass is 32.2. The average Bonchev–Trinajstić information content (AvgIpc) is 0.752. The third-order valence-corrected chi connectivity index (χ3v) is 17.6. The molecule has 0 aliphatic rings. The minimum absolute atomic E-state index is 0.00234. The van der Waals surface area contributed by atoms with E-state index >= 15 is 4.79 Å². The first-order valence-electron chi connectivity index (χ1n) is 35.1. The van der Waals surface area contributed by atoms with E-state index < -0.39 is 160 Å². The van der Waals surface area contributed by atoms with Crippen LogP contribution in [-0.4, -0.2) is 142 Å². The SMILES string of the molecule is CC(=O)C(CC(=O)C(CC(=O)OC(C)(C)C)NC(=O)[C@H](CNC(=O)[C@@H](CC(=O)[C@H](Cc1ccccc1)NC(=O)CCNC(=O)CC[C@H](NC(=O)N[C@H](C)CCC(=O)OC(C)(C)C)C(=O)OC(C)(C)C)Cc1ccccc1)NC(=O)OC(C)(C)C)SC(c1ccccc1)(c1ccccc1)c1ccccc1. The zero-order valence-corrected chi connectivity index (χ0v) is 63.2. The molecule has 0 saturated heterocycles. The van der Waals surface area contributed by atoms with Crippen LogP contribution in [0.1, 0.15) is 176 Å². The van der Waals surface area contributed by atoms with E-state index in [1.807, 2.05) is 91.0 Å². The minimum atomic E-state index is -1.70. The Labute approximate surface area is 615 Å². The number of Topliss-reactive ketones (excluding diaryl/α,β-unsaturated/α-hetero) is 3. The fraction of sp³-hybridized carbons (Fsp3) is 0.475. The number of hydrogen-bond donors (Lipinski definition) is 7. The number of ketones is 3. The molecule has 0 aliphatic heterocycles. The Hall–Kier alpha value is -9.71. The van der Waals surface area contributed by atoms with E-state index in [9.17, 15) is 52.7 Å². The van der Waals surface area contributed by atoms with Crippen molar-refractivity contribution in [2.75, 3.05) is 13.1 Å². The van der Waals surface area contributed by atoms with Crippen molar-refractivity contribution in [3.8, 4) is 0 Å². The summed E-state index contributed by atoms with van der Waals surface area (Å²) in [5, 5.41) is 17.6. The number of benzene rings is 5. The molecule has 5 aromatic carbocycles. The Balaban J connectivity index is 1.37. The molecule has 0 aromatic heterocycles. The first-order chi connectivity index (χ1) is 48.8. The highest BCUT2D eigenvalue weighted by molar-refractivity contribution is 8.02. The van der Waals surface area contributed by atoms with Crippen LogP contribution in [0.25, 0.3) is 0 Å². The summed E-state index contributed by atoms with van der Waals surface area (Å²) in [4.78, 5) is 167. The van der Waals surface area contributed by atoms with E-state index in [0.29, 0.717) is 11.1 Å². The zero-order valence-electron chi connectivity index (χ0n) is 62.4. The monoisotopic (exact) mass is 1450 g/mol. The fourth-order valence-electron chi connectivity index (χ4n) is 11.0. The Morgan fingerprint density at radius 3 is 1.38 bits per heavy atom. The quantitative estimate of drug-likeness (QED) is 0.0110. The number of hydrogen-bond acceptors (Lipinski definition) is 17. The van der Waals surface area contributed by atoms with Crippen LogP contribution in [-0.2, 0) is 84.5 Å². The number of alkyl carbamates (subject to hydrolysis) is 1. The molecule has 5 aromatic rings. The van der Waals surface area contributed by atoms with Gasteiger partial charge in [0.15, 0.2) is 11.6 Å². The van der Waals surface area contributed by atoms with Gasteiger partial charge in [0.1, 0.15) is 40.3 Å². The number of ether oxygens (including phenoxy) is 4. The normalized spacial score (nSPS) is 13.8. The van der Waals surface area contributed by atoms with E-state index in [1.54, 1.807) is 151 Å². The maximum atomic E-state index is 15.1. The van der Waals surface area contributed by atoms with Gasteiger partial charge in [0, 0.05) is 57.2 Å². The molecule has 0 saturated carbocycles. The van der Waals surface area contributed by atoms with Gasteiger partial charge in [0.05, 0.1) is 28.5 Å². The number of rotatable bonds is 37. The summed E-state index contributed by atoms with van der Waals surface area (Å²) in [7, 11) is 0. The van der Waals surface area contributed by atoms with Crippen LogP contribution in [0.3, 0.4) is 0 Å². The molecule has 24 heteroatoms. The van der Waals surface area contributed by atoms with Crippen molar-refractivity contribution in [1.82, 2.24) is 37.2 Å². The predicted molar refractivity (Wildman–Crippen MR) is 397 cm³/mol. The van der Waals surface area contributed by atoms with Crippen molar-refractivity contribution in [3.05, 3.63) is 179 Å². The summed E-state index contributed by atoms with van der Waals surface area (Å²) >= 11 is 1.25. The van der Waals surface area contributed by atoms with E-state index in [1.165, 1.54) is 18.7 Å². The number of carbonyl (C=O) groups excluding carboxylic acids is 12. The highest BCUT2D eigenvalue weighted by Crippen LogP contribution is 2.51. The largest absolute Gasteiger partial charge is 0.460 e. The van der Waals surface area contributed by atoms with Gasteiger partial charge in [0.25, 0.3) is 0 Å². The molecular weight excluding hydrogens is 1350 g/mol. The average molecular weight is 1450 g/mol. The second kappa shape index (κ2) is 39.8. The van der Waals surface area contributed by atoms with Gasteiger partial charge in [-0.25, -0.2) is 14.4 Å². The van der Waals surface area contributed by atoms with Crippen LogP contribution >= 0.6 is 11.8 Å². The van der Waals surface area contributed by atoms with Crippen molar-refractivity contribution in [1.29, 1.82) is 0 Å². The maximum Gasteiger partial charge on any atom is 0.408 e. The van der Waals surface area contributed by atoms with Crippen molar-refractivity contribution in [2.24, 2.45) is 5.92 Å². The number of carbonyl (C=O) groups is 12. The second-order valence-electron chi connectivity index (χ2n) is 29.7. The summed E-state index contributed by atoms with van der Waals surface area (Å²) in [5.41, 5.74) is 0.0257. The number of thioether (sulfide) groups is 1. The topological polar surface area (TPSA) is 326 Å². The molecule has 0 aliphatic carbocycles.